The molecule has 0 unspecified atom stereocenters. The van der Waals surface area contributed by atoms with E-state index in [0.29, 0.717) is 5.01 Å². The van der Waals surface area contributed by atoms with Crippen LogP contribution in [0.25, 0.3) is 10.6 Å². The van der Waals surface area contributed by atoms with Crippen molar-refractivity contribution in [2.24, 2.45) is 7.05 Å². The summed E-state index contributed by atoms with van der Waals surface area (Å²) in [5.41, 5.74) is 1.73. The third kappa shape index (κ3) is 1.75. The topological polar surface area (TPSA) is 68.0 Å². The Balaban J connectivity index is 2.45. The molecule has 1 N–H and O–H groups in total. The molecule has 0 aromatic carbocycles. The predicted octanol–water partition coefficient (Wildman–Crippen LogP) is 1.55. The number of carboxylic acids is 1. The number of carbonyl (C=O) groups is 1. The first-order valence-electron chi connectivity index (χ1n) is 4.27. The normalized spacial score (nSPS) is 10.5. The first-order valence-corrected chi connectivity index (χ1v) is 5.09. The molecule has 0 radical (unpaired) electrons. The molecule has 2 heterocycles. The second-order valence-electron chi connectivity index (χ2n) is 3.14. The van der Waals surface area contributed by atoms with Gasteiger partial charge in [0, 0.05) is 13.2 Å². The fourth-order valence-electron chi connectivity index (χ4n) is 1.31. The van der Waals surface area contributed by atoms with E-state index in [9.17, 15) is 4.79 Å². The van der Waals surface area contributed by atoms with Crippen molar-refractivity contribution in [2.75, 3.05) is 0 Å². The summed E-state index contributed by atoms with van der Waals surface area (Å²) in [5.74, 6) is -0.944. The van der Waals surface area contributed by atoms with Crippen molar-refractivity contribution >= 4 is 17.3 Å². The summed E-state index contributed by atoms with van der Waals surface area (Å²) in [6, 6.07) is 0. The quantitative estimate of drug-likeness (QED) is 0.838. The number of aromatic carboxylic acids is 1. The average molecular weight is 223 g/mol. The van der Waals surface area contributed by atoms with Crippen LogP contribution in [0.3, 0.4) is 0 Å². The standard InChI is InChI=1S/C9H9N3O2S/c1-5-6(4-12(2)11-5)8-10-3-7(15-8)9(13)14/h3-4H,1-2H3,(H,13,14). The van der Waals surface area contributed by atoms with Gasteiger partial charge < -0.3 is 5.11 Å². The maximum atomic E-state index is 10.7. The van der Waals surface area contributed by atoms with Crippen molar-refractivity contribution in [1.82, 2.24) is 14.8 Å². The molecule has 78 valence electrons. The Morgan fingerprint density at radius 2 is 2.33 bits per heavy atom. The van der Waals surface area contributed by atoms with Gasteiger partial charge >= 0.3 is 5.97 Å². The van der Waals surface area contributed by atoms with Crippen molar-refractivity contribution in [1.29, 1.82) is 0 Å². The van der Waals surface area contributed by atoms with Gasteiger partial charge in [-0.25, -0.2) is 9.78 Å². The van der Waals surface area contributed by atoms with Gasteiger partial charge in [0.05, 0.1) is 17.5 Å². The summed E-state index contributed by atoms with van der Waals surface area (Å²) in [6.45, 7) is 1.87. The SMILES string of the molecule is Cc1nn(C)cc1-c1ncc(C(=O)O)s1. The van der Waals surface area contributed by atoms with Gasteiger partial charge in [0.25, 0.3) is 0 Å². The number of aromatic nitrogens is 3. The number of rotatable bonds is 2. The lowest BCUT2D eigenvalue weighted by Crippen LogP contribution is -1.89. The summed E-state index contributed by atoms with van der Waals surface area (Å²) >= 11 is 1.16. The van der Waals surface area contributed by atoms with Gasteiger partial charge in [-0.15, -0.1) is 11.3 Å². The van der Waals surface area contributed by atoms with E-state index in [-0.39, 0.29) is 4.88 Å². The Kier molecular flexibility index (Phi) is 2.28. The zero-order valence-electron chi connectivity index (χ0n) is 8.26. The maximum absolute atomic E-state index is 10.7. The molecule has 0 spiro atoms. The first kappa shape index (κ1) is 9.85. The van der Waals surface area contributed by atoms with E-state index in [1.807, 2.05) is 20.2 Å². The fourth-order valence-corrected chi connectivity index (χ4v) is 2.12. The van der Waals surface area contributed by atoms with Gasteiger partial charge in [-0.2, -0.15) is 5.10 Å². The third-order valence-corrected chi connectivity index (χ3v) is 2.98. The van der Waals surface area contributed by atoms with Crippen LogP contribution < -0.4 is 0 Å². The Labute approximate surface area is 90.0 Å². The molecule has 0 aliphatic heterocycles. The molecule has 0 atom stereocenters. The lowest BCUT2D eigenvalue weighted by molar-refractivity contribution is 0.0702. The van der Waals surface area contributed by atoms with Crippen LogP contribution in [-0.2, 0) is 7.05 Å². The molecule has 0 saturated carbocycles. The molecule has 2 aromatic heterocycles. The lowest BCUT2D eigenvalue weighted by atomic mass is 10.3. The lowest BCUT2D eigenvalue weighted by Gasteiger charge is -1.89. The molecule has 0 aliphatic rings. The number of thiazole rings is 1. The van der Waals surface area contributed by atoms with Crippen LogP contribution in [0.1, 0.15) is 15.4 Å². The second-order valence-corrected chi connectivity index (χ2v) is 4.17. The Morgan fingerprint density at radius 3 is 2.80 bits per heavy atom. The summed E-state index contributed by atoms with van der Waals surface area (Å²) in [4.78, 5) is 15.0. The highest BCUT2D eigenvalue weighted by molar-refractivity contribution is 7.16. The number of hydrogen-bond donors (Lipinski definition) is 1. The largest absolute Gasteiger partial charge is 0.477 e. The number of aryl methyl sites for hydroxylation is 2. The summed E-state index contributed by atoms with van der Waals surface area (Å²) in [6.07, 6.45) is 3.20. The predicted molar refractivity (Wildman–Crippen MR) is 56.0 cm³/mol. The summed E-state index contributed by atoms with van der Waals surface area (Å²) < 4.78 is 1.69. The Bertz CT molecular complexity index is 515. The van der Waals surface area contributed by atoms with Gasteiger partial charge in [-0.3, -0.25) is 4.68 Å². The highest BCUT2D eigenvalue weighted by Crippen LogP contribution is 2.26. The summed E-state index contributed by atoms with van der Waals surface area (Å²) in [7, 11) is 1.82. The van der Waals surface area contributed by atoms with E-state index in [0.717, 1.165) is 22.6 Å². The maximum Gasteiger partial charge on any atom is 0.347 e. The van der Waals surface area contributed by atoms with Crippen LogP contribution in [0.2, 0.25) is 0 Å². The molecule has 2 rings (SSSR count). The molecule has 2 aromatic rings. The smallest absolute Gasteiger partial charge is 0.347 e. The van der Waals surface area contributed by atoms with Crippen molar-refractivity contribution in [3.63, 3.8) is 0 Å². The number of hydrogen-bond acceptors (Lipinski definition) is 4. The second kappa shape index (κ2) is 3.47. The van der Waals surface area contributed by atoms with Gasteiger partial charge in [0.15, 0.2) is 0 Å². The van der Waals surface area contributed by atoms with E-state index < -0.39 is 5.97 Å². The van der Waals surface area contributed by atoms with E-state index in [2.05, 4.69) is 10.1 Å². The molecule has 0 amide bonds. The van der Waals surface area contributed by atoms with Crippen LogP contribution in [0.5, 0.6) is 0 Å². The van der Waals surface area contributed by atoms with Crippen LogP contribution in [0.15, 0.2) is 12.4 Å². The first-order chi connectivity index (χ1) is 7.08. The molecular formula is C9H9N3O2S. The average Bonchev–Trinajstić information content (AvgIpc) is 2.71. The van der Waals surface area contributed by atoms with Crippen LogP contribution >= 0.6 is 11.3 Å². The van der Waals surface area contributed by atoms with Crippen molar-refractivity contribution in [3.8, 4) is 10.6 Å². The van der Waals surface area contributed by atoms with Crippen LogP contribution in [0.4, 0.5) is 0 Å². The van der Waals surface area contributed by atoms with Crippen LogP contribution in [-0.4, -0.2) is 25.8 Å². The molecular weight excluding hydrogens is 214 g/mol. The van der Waals surface area contributed by atoms with Gasteiger partial charge in [-0.05, 0) is 6.92 Å². The minimum atomic E-state index is -0.944. The molecule has 0 aliphatic carbocycles. The Morgan fingerprint density at radius 1 is 1.60 bits per heavy atom. The van der Waals surface area contributed by atoms with Crippen molar-refractivity contribution < 1.29 is 9.90 Å². The monoisotopic (exact) mass is 223 g/mol. The summed E-state index contributed by atoms with van der Waals surface area (Å²) in [5, 5.41) is 13.6. The zero-order chi connectivity index (χ0) is 11.0. The fraction of sp³-hybridized carbons (Fsp3) is 0.222. The van der Waals surface area contributed by atoms with E-state index in [1.165, 1.54) is 6.20 Å². The number of nitrogens with zero attached hydrogens (tertiary/aromatic N) is 3. The minimum absolute atomic E-state index is 0.244. The number of carboxylic acid groups (broad SMARTS) is 1. The van der Waals surface area contributed by atoms with Crippen LogP contribution in [0, 0.1) is 6.92 Å². The highest BCUT2D eigenvalue weighted by atomic mass is 32.1. The van der Waals surface area contributed by atoms with E-state index in [4.69, 9.17) is 5.11 Å². The molecule has 5 nitrogen and oxygen atoms in total. The molecule has 0 saturated heterocycles. The zero-order valence-corrected chi connectivity index (χ0v) is 9.08. The minimum Gasteiger partial charge on any atom is -0.477 e. The van der Waals surface area contributed by atoms with Crippen molar-refractivity contribution in [3.05, 3.63) is 23.0 Å². The van der Waals surface area contributed by atoms with Gasteiger partial charge in [0.2, 0.25) is 0 Å². The highest BCUT2D eigenvalue weighted by Gasteiger charge is 2.13. The third-order valence-electron chi connectivity index (χ3n) is 1.96. The van der Waals surface area contributed by atoms with Gasteiger partial charge in [-0.1, -0.05) is 0 Å². The van der Waals surface area contributed by atoms with Gasteiger partial charge in [0.1, 0.15) is 9.88 Å². The van der Waals surface area contributed by atoms with Crippen molar-refractivity contribution in [2.45, 2.75) is 6.92 Å². The Hall–Kier alpha value is -1.69. The molecule has 15 heavy (non-hydrogen) atoms. The van der Waals surface area contributed by atoms with E-state index >= 15 is 0 Å². The molecule has 0 bridgehead atoms. The molecule has 0 fully saturated rings. The molecule has 6 heteroatoms. The van der Waals surface area contributed by atoms with E-state index in [1.54, 1.807) is 4.68 Å².